The van der Waals surface area contributed by atoms with E-state index >= 15 is 0 Å². The highest BCUT2D eigenvalue weighted by Gasteiger charge is 2.45. The van der Waals surface area contributed by atoms with Crippen molar-refractivity contribution in [2.24, 2.45) is 0 Å². The van der Waals surface area contributed by atoms with E-state index in [-0.39, 0.29) is 12.3 Å². The van der Waals surface area contributed by atoms with E-state index in [0.717, 1.165) is 60.5 Å². The molecule has 4 nitrogen and oxygen atoms in total. The fraction of sp³-hybridized carbons (Fsp3) is 0.0769. The average Bonchev–Trinajstić information content (AvgIpc) is 4.00. The maximum atomic E-state index is 6.81. The van der Waals surface area contributed by atoms with Crippen molar-refractivity contribution >= 4 is 126 Å². The van der Waals surface area contributed by atoms with Gasteiger partial charge in [0.2, 0.25) is 0 Å². The number of para-hydroxylation sites is 2. The van der Waals surface area contributed by atoms with Crippen molar-refractivity contribution in [3.63, 3.8) is 0 Å². The second-order valence-corrected chi connectivity index (χ2v) is 18.3. The van der Waals surface area contributed by atoms with Gasteiger partial charge in [0.05, 0.1) is 16.4 Å². The Bertz CT molecular complexity index is 3800. The van der Waals surface area contributed by atoms with Gasteiger partial charge in [-0.05, 0) is 82.1 Å². The molecule has 0 spiro atoms. The van der Waals surface area contributed by atoms with E-state index in [2.05, 4.69) is 176 Å². The van der Waals surface area contributed by atoms with E-state index in [1.54, 1.807) is 0 Å². The quantitative estimate of drug-likeness (QED) is 0.156. The Morgan fingerprint density at radius 2 is 1.26 bits per heavy atom. The van der Waals surface area contributed by atoms with E-state index in [1.807, 2.05) is 11.3 Å². The van der Waals surface area contributed by atoms with Gasteiger partial charge in [0, 0.05) is 75.8 Å². The molecule has 0 unspecified atom stereocenters. The third kappa shape index (κ3) is 3.86. The zero-order chi connectivity index (χ0) is 38.2. The Labute approximate surface area is 337 Å². The number of hydrogen-bond acceptors (Lipinski definition) is 4. The van der Waals surface area contributed by atoms with Crippen LogP contribution in [0.4, 0.5) is 11.4 Å². The minimum absolute atomic E-state index is 0.0349. The lowest BCUT2D eigenvalue weighted by molar-refractivity contribution is 0.590. The molecular formula is C52H33BN2O2S. The van der Waals surface area contributed by atoms with Gasteiger partial charge in [-0.25, -0.2) is 0 Å². The minimum Gasteiger partial charge on any atom is -0.456 e. The number of furan rings is 2. The number of nitrogens with zero attached hydrogens (tertiary/aromatic N) is 2. The molecule has 14 rings (SSSR count). The fourth-order valence-electron chi connectivity index (χ4n) is 10.5. The van der Waals surface area contributed by atoms with Gasteiger partial charge >= 0.3 is 6.85 Å². The molecule has 0 radical (unpaired) electrons. The van der Waals surface area contributed by atoms with Crippen molar-refractivity contribution in [2.45, 2.75) is 26.2 Å². The van der Waals surface area contributed by atoms with Gasteiger partial charge in [-0.3, -0.25) is 0 Å². The van der Waals surface area contributed by atoms with Gasteiger partial charge in [0.15, 0.2) is 0 Å². The molecule has 12 aromatic rings. The van der Waals surface area contributed by atoms with Gasteiger partial charge in [-0.1, -0.05) is 106 Å². The number of benzene rings is 8. The molecule has 0 amide bonds. The van der Waals surface area contributed by atoms with Crippen LogP contribution in [0.15, 0.2) is 154 Å². The highest BCUT2D eigenvalue weighted by Crippen LogP contribution is 2.50. The summed E-state index contributed by atoms with van der Waals surface area (Å²) in [7, 11) is 0. The van der Waals surface area contributed by atoms with Crippen molar-refractivity contribution in [2.75, 3.05) is 4.81 Å². The summed E-state index contributed by atoms with van der Waals surface area (Å²) in [5, 5.41) is 9.51. The molecule has 0 bridgehead atoms. The Balaban J connectivity index is 1.18. The Kier molecular flexibility index (Phi) is 5.73. The van der Waals surface area contributed by atoms with Crippen LogP contribution < -0.4 is 15.7 Å². The molecule has 0 fully saturated rings. The molecule has 4 aromatic heterocycles. The zero-order valence-corrected chi connectivity index (χ0v) is 32.9. The molecule has 58 heavy (non-hydrogen) atoms. The van der Waals surface area contributed by atoms with Crippen LogP contribution in [0.25, 0.3) is 103 Å². The molecule has 2 aliphatic heterocycles. The highest BCUT2D eigenvalue weighted by molar-refractivity contribution is 7.25. The van der Waals surface area contributed by atoms with Crippen LogP contribution in [0.5, 0.6) is 0 Å². The lowest BCUT2D eigenvalue weighted by Gasteiger charge is -2.42. The topological polar surface area (TPSA) is 34.5 Å². The molecule has 0 atom stereocenters. The van der Waals surface area contributed by atoms with Crippen LogP contribution in [0.2, 0.25) is 0 Å². The smallest absolute Gasteiger partial charge is 0.333 e. The summed E-state index contributed by atoms with van der Waals surface area (Å²) in [6.45, 7) is 6.75. The molecule has 0 N–H and O–H groups in total. The van der Waals surface area contributed by atoms with Gasteiger partial charge in [0.25, 0.3) is 0 Å². The largest absolute Gasteiger partial charge is 0.456 e. The monoisotopic (exact) mass is 760 g/mol. The van der Waals surface area contributed by atoms with Crippen LogP contribution in [0.1, 0.15) is 26.3 Å². The zero-order valence-electron chi connectivity index (χ0n) is 32.1. The standard InChI is InChI=1S/C52H33BN2O2S/c1-52(2,3)28-16-18-29(19-17-28)55-41-25-38-32-12-6-9-15-46(32)58-47(38)26-36(41)33-20-21-35-48-40(23-22-34-30-10-4-8-14-44(30)57-51(34)48)54-42-27-45-37(31-11-5-7-13-43(31)56-45)24-39(42)53(55)49(33)50(35)54/h4-27H,1-3H3. The molecule has 6 heterocycles. The van der Waals surface area contributed by atoms with Gasteiger partial charge in [-0.2, -0.15) is 0 Å². The fourth-order valence-corrected chi connectivity index (χ4v) is 11.6. The van der Waals surface area contributed by atoms with Crippen LogP contribution in [-0.2, 0) is 5.41 Å². The first-order valence-corrected chi connectivity index (χ1v) is 20.9. The molecule has 0 aliphatic carbocycles. The van der Waals surface area contributed by atoms with Crippen molar-refractivity contribution in [3.05, 3.63) is 151 Å². The summed E-state index contributed by atoms with van der Waals surface area (Å²) in [6.07, 6.45) is 0. The molecule has 0 saturated heterocycles. The molecule has 2 aliphatic rings. The Morgan fingerprint density at radius 1 is 0.534 bits per heavy atom. The predicted molar refractivity (Wildman–Crippen MR) is 246 cm³/mol. The number of aromatic nitrogens is 1. The summed E-state index contributed by atoms with van der Waals surface area (Å²) in [5.41, 5.74) is 16.0. The lowest BCUT2D eigenvalue weighted by atomic mass is 9.44. The third-order valence-electron chi connectivity index (χ3n) is 13.1. The van der Waals surface area contributed by atoms with Crippen LogP contribution in [-0.4, -0.2) is 11.4 Å². The average molecular weight is 761 g/mol. The maximum absolute atomic E-state index is 6.81. The molecule has 272 valence electrons. The van der Waals surface area contributed by atoms with E-state index in [4.69, 9.17) is 8.83 Å². The third-order valence-corrected chi connectivity index (χ3v) is 14.3. The second kappa shape index (κ2) is 10.6. The first-order chi connectivity index (χ1) is 28.4. The van der Waals surface area contributed by atoms with E-state index in [0.29, 0.717) is 0 Å². The summed E-state index contributed by atoms with van der Waals surface area (Å²) in [5.74, 6) is 0. The van der Waals surface area contributed by atoms with Gasteiger partial charge in [0.1, 0.15) is 22.3 Å². The molecular weight excluding hydrogens is 727 g/mol. The second-order valence-electron chi connectivity index (χ2n) is 17.2. The number of fused-ring (bicyclic) bond motifs is 18. The summed E-state index contributed by atoms with van der Waals surface area (Å²) < 4.78 is 18.6. The van der Waals surface area contributed by atoms with Crippen LogP contribution in [0, 0.1) is 0 Å². The molecule has 0 saturated carbocycles. The first kappa shape index (κ1) is 31.3. The van der Waals surface area contributed by atoms with Crippen molar-refractivity contribution < 1.29 is 8.83 Å². The normalized spacial score (nSPS) is 13.7. The summed E-state index contributed by atoms with van der Waals surface area (Å²) in [6, 6.07) is 54.0. The number of hydrogen-bond donors (Lipinski definition) is 0. The van der Waals surface area contributed by atoms with E-state index in [9.17, 15) is 0 Å². The van der Waals surface area contributed by atoms with Crippen LogP contribution in [0.3, 0.4) is 0 Å². The summed E-state index contributed by atoms with van der Waals surface area (Å²) >= 11 is 1.89. The molecule has 6 heteroatoms. The van der Waals surface area contributed by atoms with Crippen molar-refractivity contribution in [3.8, 4) is 16.8 Å². The SMILES string of the molecule is CC(C)(C)c1ccc(N2B3c4cc5c(cc4-n4c6ccc7c8ccccc8oc7c6c6ccc(c3c64)-c3cc4sc6ccccc6c4cc32)oc2ccccc25)cc1. The van der Waals surface area contributed by atoms with Gasteiger partial charge < -0.3 is 18.2 Å². The van der Waals surface area contributed by atoms with Crippen molar-refractivity contribution in [1.82, 2.24) is 4.57 Å². The number of anilines is 2. The van der Waals surface area contributed by atoms with E-state index < -0.39 is 0 Å². The Hall–Kier alpha value is -6.76. The highest BCUT2D eigenvalue weighted by atomic mass is 32.1. The van der Waals surface area contributed by atoms with Crippen molar-refractivity contribution in [1.29, 1.82) is 0 Å². The molecule has 8 aromatic carbocycles. The summed E-state index contributed by atoms with van der Waals surface area (Å²) in [4.78, 5) is 2.64. The Morgan fingerprint density at radius 3 is 2.07 bits per heavy atom. The number of rotatable bonds is 1. The van der Waals surface area contributed by atoms with E-state index in [1.165, 1.54) is 70.1 Å². The van der Waals surface area contributed by atoms with Crippen LogP contribution >= 0.6 is 11.3 Å². The number of thiophene rings is 1. The first-order valence-electron chi connectivity index (χ1n) is 20.1. The maximum Gasteiger partial charge on any atom is 0.333 e. The lowest BCUT2D eigenvalue weighted by Crippen LogP contribution is -2.60. The predicted octanol–water partition coefficient (Wildman–Crippen LogP) is 13.5. The van der Waals surface area contributed by atoms with Gasteiger partial charge in [-0.15, -0.1) is 11.3 Å². The minimum atomic E-state index is -0.120.